The molecule has 1 N–H and O–H groups in total. The van der Waals surface area contributed by atoms with Gasteiger partial charge in [-0.3, -0.25) is 4.90 Å². The Labute approximate surface area is 114 Å². The Morgan fingerprint density at radius 1 is 1.11 bits per heavy atom. The van der Waals surface area contributed by atoms with E-state index >= 15 is 0 Å². The van der Waals surface area contributed by atoms with Crippen molar-refractivity contribution in [2.24, 2.45) is 0 Å². The fraction of sp³-hybridized carbons (Fsp3) is 1.00. The minimum atomic E-state index is 0.658. The maximum Gasteiger partial charge on any atom is 0.0192 e. The molecule has 0 amide bonds. The summed E-state index contributed by atoms with van der Waals surface area (Å²) < 4.78 is 0. The molecule has 0 spiro atoms. The van der Waals surface area contributed by atoms with Gasteiger partial charge in [0.2, 0.25) is 0 Å². The molecule has 1 atom stereocenters. The number of hydrogen-bond donors (Lipinski definition) is 1. The molecule has 0 aromatic carbocycles. The van der Waals surface area contributed by atoms with Crippen molar-refractivity contribution >= 4 is 0 Å². The molecular formula is C15H33N3. The van der Waals surface area contributed by atoms with Crippen molar-refractivity contribution in [3.63, 3.8) is 0 Å². The van der Waals surface area contributed by atoms with Crippen LogP contribution < -0.4 is 5.32 Å². The van der Waals surface area contributed by atoms with Crippen LogP contribution >= 0.6 is 0 Å². The molecule has 108 valence electrons. The molecule has 3 heteroatoms. The lowest BCUT2D eigenvalue weighted by atomic mass is 10.2. The van der Waals surface area contributed by atoms with Gasteiger partial charge in [0.1, 0.15) is 0 Å². The summed E-state index contributed by atoms with van der Waals surface area (Å²) in [5.74, 6) is 0. The first-order chi connectivity index (χ1) is 8.63. The smallest absolute Gasteiger partial charge is 0.0192 e. The second-order valence-corrected chi connectivity index (χ2v) is 6.08. The zero-order valence-electron chi connectivity index (χ0n) is 12.9. The molecule has 0 radical (unpaired) electrons. The first kappa shape index (κ1) is 15.9. The second kappa shape index (κ2) is 8.89. The summed E-state index contributed by atoms with van der Waals surface area (Å²) in [4.78, 5) is 4.90. The Bertz CT molecular complexity index is 200. The zero-order valence-corrected chi connectivity index (χ0v) is 12.9. The highest BCUT2D eigenvalue weighted by Gasteiger charge is 2.17. The molecule has 1 aliphatic rings. The van der Waals surface area contributed by atoms with Gasteiger partial charge in [-0.05, 0) is 46.8 Å². The molecule has 3 nitrogen and oxygen atoms in total. The van der Waals surface area contributed by atoms with Crippen LogP contribution in [0.2, 0.25) is 0 Å². The van der Waals surface area contributed by atoms with Gasteiger partial charge in [0.15, 0.2) is 0 Å². The average molecular weight is 255 g/mol. The SMILES string of the molecule is CCCN(CCN(C)C)C(C)CNC1CCCC1. The van der Waals surface area contributed by atoms with E-state index in [9.17, 15) is 0 Å². The maximum atomic E-state index is 3.75. The van der Waals surface area contributed by atoms with Crippen molar-refractivity contribution in [3.8, 4) is 0 Å². The molecule has 0 bridgehead atoms. The van der Waals surface area contributed by atoms with Crippen LogP contribution in [0.1, 0.15) is 46.0 Å². The van der Waals surface area contributed by atoms with E-state index in [-0.39, 0.29) is 0 Å². The predicted molar refractivity (Wildman–Crippen MR) is 80.1 cm³/mol. The van der Waals surface area contributed by atoms with Gasteiger partial charge in [-0.1, -0.05) is 19.8 Å². The van der Waals surface area contributed by atoms with Crippen LogP contribution in [0.3, 0.4) is 0 Å². The highest BCUT2D eigenvalue weighted by Crippen LogP contribution is 2.17. The van der Waals surface area contributed by atoms with Crippen LogP contribution in [0.5, 0.6) is 0 Å². The van der Waals surface area contributed by atoms with E-state index in [1.54, 1.807) is 0 Å². The van der Waals surface area contributed by atoms with E-state index in [1.165, 1.54) is 45.2 Å². The van der Waals surface area contributed by atoms with Gasteiger partial charge in [-0.15, -0.1) is 0 Å². The van der Waals surface area contributed by atoms with Crippen molar-refractivity contribution in [3.05, 3.63) is 0 Å². The summed E-state index contributed by atoms with van der Waals surface area (Å²) in [7, 11) is 4.32. The molecule has 0 aromatic heterocycles. The fourth-order valence-corrected chi connectivity index (χ4v) is 2.76. The summed E-state index contributed by atoms with van der Waals surface area (Å²) in [6, 6.07) is 1.45. The zero-order chi connectivity index (χ0) is 13.4. The monoisotopic (exact) mass is 255 g/mol. The lowest BCUT2D eigenvalue weighted by Crippen LogP contribution is -2.45. The Hall–Kier alpha value is -0.120. The number of nitrogens with zero attached hydrogens (tertiary/aromatic N) is 2. The Morgan fingerprint density at radius 3 is 2.33 bits per heavy atom. The minimum Gasteiger partial charge on any atom is -0.312 e. The summed E-state index contributed by atoms with van der Waals surface area (Å²) >= 11 is 0. The largest absolute Gasteiger partial charge is 0.312 e. The van der Waals surface area contributed by atoms with Crippen molar-refractivity contribution in [2.45, 2.75) is 58.0 Å². The molecule has 18 heavy (non-hydrogen) atoms. The third-order valence-electron chi connectivity index (χ3n) is 4.03. The Kier molecular flexibility index (Phi) is 7.87. The van der Waals surface area contributed by atoms with Gasteiger partial charge in [0.25, 0.3) is 0 Å². The van der Waals surface area contributed by atoms with Crippen LogP contribution in [0.15, 0.2) is 0 Å². The van der Waals surface area contributed by atoms with Crippen molar-refractivity contribution < 1.29 is 0 Å². The van der Waals surface area contributed by atoms with Gasteiger partial charge >= 0.3 is 0 Å². The van der Waals surface area contributed by atoms with E-state index in [1.807, 2.05) is 0 Å². The molecule has 1 unspecified atom stereocenters. The lowest BCUT2D eigenvalue weighted by molar-refractivity contribution is 0.182. The average Bonchev–Trinajstić information content (AvgIpc) is 2.84. The number of hydrogen-bond acceptors (Lipinski definition) is 3. The first-order valence-electron chi connectivity index (χ1n) is 7.75. The van der Waals surface area contributed by atoms with Crippen LogP contribution in [0, 0.1) is 0 Å². The van der Waals surface area contributed by atoms with E-state index in [0.717, 1.165) is 19.1 Å². The third kappa shape index (κ3) is 6.17. The lowest BCUT2D eigenvalue weighted by Gasteiger charge is -2.31. The Morgan fingerprint density at radius 2 is 1.78 bits per heavy atom. The third-order valence-corrected chi connectivity index (χ3v) is 4.03. The van der Waals surface area contributed by atoms with Crippen LogP contribution in [0.25, 0.3) is 0 Å². The van der Waals surface area contributed by atoms with Gasteiger partial charge in [0, 0.05) is 31.7 Å². The fourth-order valence-electron chi connectivity index (χ4n) is 2.76. The van der Waals surface area contributed by atoms with Crippen LogP contribution in [-0.4, -0.2) is 62.2 Å². The topological polar surface area (TPSA) is 18.5 Å². The van der Waals surface area contributed by atoms with Crippen molar-refractivity contribution in [2.75, 3.05) is 40.3 Å². The number of likely N-dealkylation sites (N-methyl/N-ethyl adjacent to an activating group) is 1. The molecule has 0 aliphatic heterocycles. The maximum absolute atomic E-state index is 3.75. The highest BCUT2D eigenvalue weighted by atomic mass is 15.2. The van der Waals surface area contributed by atoms with E-state index < -0.39 is 0 Å². The normalized spacial score (nSPS) is 19.0. The summed E-state index contributed by atoms with van der Waals surface area (Å²) in [5.41, 5.74) is 0. The van der Waals surface area contributed by atoms with E-state index in [2.05, 4.69) is 43.1 Å². The van der Waals surface area contributed by atoms with Crippen LogP contribution in [0.4, 0.5) is 0 Å². The van der Waals surface area contributed by atoms with Gasteiger partial charge < -0.3 is 10.2 Å². The quantitative estimate of drug-likeness (QED) is 0.681. The molecule has 0 aromatic rings. The van der Waals surface area contributed by atoms with Crippen LogP contribution in [-0.2, 0) is 0 Å². The summed E-state index contributed by atoms with van der Waals surface area (Å²) in [5, 5.41) is 3.75. The molecule has 1 fully saturated rings. The number of rotatable bonds is 9. The molecule has 1 rings (SSSR count). The standard InChI is InChI=1S/C15H33N3/c1-5-10-18(12-11-17(3)4)14(2)13-16-15-8-6-7-9-15/h14-16H,5-13H2,1-4H3. The second-order valence-electron chi connectivity index (χ2n) is 6.08. The Balaban J connectivity index is 2.25. The summed E-state index contributed by atoms with van der Waals surface area (Å²) in [6.07, 6.45) is 6.87. The van der Waals surface area contributed by atoms with Crippen molar-refractivity contribution in [1.82, 2.24) is 15.1 Å². The van der Waals surface area contributed by atoms with Gasteiger partial charge in [0.05, 0.1) is 0 Å². The highest BCUT2D eigenvalue weighted by molar-refractivity contribution is 4.77. The summed E-state index contributed by atoms with van der Waals surface area (Å²) in [6.45, 7) is 9.37. The van der Waals surface area contributed by atoms with Gasteiger partial charge in [-0.25, -0.2) is 0 Å². The molecule has 1 aliphatic carbocycles. The predicted octanol–water partition coefficient (Wildman–Crippen LogP) is 2.18. The number of nitrogens with one attached hydrogen (secondary N) is 1. The van der Waals surface area contributed by atoms with E-state index in [4.69, 9.17) is 0 Å². The van der Waals surface area contributed by atoms with Gasteiger partial charge in [-0.2, -0.15) is 0 Å². The molecular weight excluding hydrogens is 222 g/mol. The molecule has 0 saturated heterocycles. The van der Waals surface area contributed by atoms with Crippen molar-refractivity contribution in [1.29, 1.82) is 0 Å². The van der Waals surface area contributed by atoms with E-state index in [0.29, 0.717) is 6.04 Å². The minimum absolute atomic E-state index is 0.658. The molecule has 1 saturated carbocycles. The first-order valence-corrected chi connectivity index (χ1v) is 7.75. The molecule has 0 heterocycles.